The number of halogens is 1. The first-order valence-electron chi connectivity index (χ1n) is 11.0. The van der Waals surface area contributed by atoms with Crippen molar-refractivity contribution in [3.8, 4) is 17.3 Å². The second kappa shape index (κ2) is 8.22. The first-order chi connectivity index (χ1) is 16.2. The molecule has 34 heavy (non-hydrogen) atoms. The third kappa shape index (κ3) is 4.01. The van der Waals surface area contributed by atoms with E-state index in [-0.39, 0.29) is 12.1 Å². The van der Waals surface area contributed by atoms with E-state index >= 15 is 0 Å². The van der Waals surface area contributed by atoms with E-state index < -0.39 is 5.60 Å². The number of ether oxygens (including phenoxy) is 1. The SMILES string of the molecule is CC(C)(C)OC(=O)N1CCC(Nc2nc(-c3c[nH]c4c(Cl)c(C#N)ccc34)cn3ccnc23)C1. The highest BCUT2D eigenvalue weighted by Crippen LogP contribution is 2.34. The van der Waals surface area contributed by atoms with Crippen LogP contribution in [-0.4, -0.2) is 55.1 Å². The molecule has 3 aromatic heterocycles. The van der Waals surface area contributed by atoms with E-state index in [9.17, 15) is 10.1 Å². The number of aromatic amines is 1. The largest absolute Gasteiger partial charge is 0.444 e. The number of nitrogens with zero attached hydrogens (tertiary/aromatic N) is 5. The molecule has 0 aliphatic carbocycles. The summed E-state index contributed by atoms with van der Waals surface area (Å²) in [4.78, 5) is 26.7. The molecule has 174 valence electrons. The minimum Gasteiger partial charge on any atom is -0.444 e. The van der Waals surface area contributed by atoms with Gasteiger partial charge in [0.2, 0.25) is 0 Å². The number of hydrogen-bond donors (Lipinski definition) is 2. The summed E-state index contributed by atoms with van der Waals surface area (Å²) in [5.41, 5.74) is 2.87. The van der Waals surface area contributed by atoms with Crippen LogP contribution >= 0.6 is 11.6 Å². The molecule has 1 amide bonds. The summed E-state index contributed by atoms with van der Waals surface area (Å²) in [6.45, 7) is 6.72. The number of likely N-dealkylation sites (tertiary alicyclic amines) is 1. The Morgan fingerprint density at radius 2 is 2.21 bits per heavy atom. The van der Waals surface area contributed by atoms with Gasteiger partial charge in [-0.25, -0.2) is 14.8 Å². The molecule has 4 aromatic rings. The molecular weight excluding hydrogens is 454 g/mol. The Morgan fingerprint density at radius 3 is 2.97 bits per heavy atom. The minimum absolute atomic E-state index is 0.0198. The molecule has 1 atom stereocenters. The van der Waals surface area contributed by atoms with Crippen molar-refractivity contribution in [3.63, 3.8) is 0 Å². The first-order valence-corrected chi connectivity index (χ1v) is 11.4. The molecule has 0 saturated carbocycles. The number of fused-ring (bicyclic) bond motifs is 2. The van der Waals surface area contributed by atoms with Crippen LogP contribution in [0.5, 0.6) is 0 Å². The Hall–Kier alpha value is -3.77. The number of anilines is 1. The van der Waals surface area contributed by atoms with Crippen LogP contribution in [0.25, 0.3) is 27.8 Å². The van der Waals surface area contributed by atoms with Gasteiger partial charge in [-0.05, 0) is 33.3 Å². The fraction of sp³-hybridized carbons (Fsp3) is 0.333. The number of imidazole rings is 1. The number of carbonyl (C=O) groups excluding carboxylic acids is 1. The van der Waals surface area contributed by atoms with E-state index in [1.165, 1.54) is 0 Å². The highest BCUT2D eigenvalue weighted by molar-refractivity contribution is 6.36. The van der Waals surface area contributed by atoms with Crippen molar-refractivity contribution in [1.82, 2.24) is 24.3 Å². The van der Waals surface area contributed by atoms with Crippen molar-refractivity contribution in [2.75, 3.05) is 18.4 Å². The van der Waals surface area contributed by atoms with Crippen molar-refractivity contribution in [3.05, 3.63) is 47.5 Å². The lowest BCUT2D eigenvalue weighted by Crippen LogP contribution is -2.36. The Labute approximate surface area is 201 Å². The highest BCUT2D eigenvalue weighted by atomic mass is 35.5. The number of amides is 1. The van der Waals surface area contributed by atoms with E-state index in [2.05, 4.69) is 21.4 Å². The third-order valence-corrected chi connectivity index (χ3v) is 6.14. The van der Waals surface area contributed by atoms with Crippen LogP contribution in [-0.2, 0) is 4.74 Å². The van der Waals surface area contributed by atoms with E-state index in [1.807, 2.05) is 49.8 Å². The van der Waals surface area contributed by atoms with Crippen LogP contribution in [0.4, 0.5) is 10.6 Å². The van der Waals surface area contributed by atoms with Gasteiger partial charge >= 0.3 is 6.09 Å². The van der Waals surface area contributed by atoms with Crippen LogP contribution in [0.3, 0.4) is 0 Å². The monoisotopic (exact) mass is 477 g/mol. The maximum Gasteiger partial charge on any atom is 0.410 e. The van der Waals surface area contributed by atoms with Gasteiger partial charge in [-0.15, -0.1) is 0 Å². The molecule has 0 bridgehead atoms. The zero-order valence-electron chi connectivity index (χ0n) is 19.1. The molecule has 1 saturated heterocycles. The molecule has 5 rings (SSSR count). The molecule has 1 aliphatic heterocycles. The minimum atomic E-state index is -0.531. The molecule has 0 spiro atoms. The molecule has 1 fully saturated rings. The van der Waals surface area contributed by atoms with E-state index in [0.717, 1.165) is 23.1 Å². The predicted octanol–water partition coefficient (Wildman–Crippen LogP) is 4.82. The van der Waals surface area contributed by atoms with Crippen molar-refractivity contribution >= 4 is 40.1 Å². The first kappa shape index (κ1) is 22.0. The maximum absolute atomic E-state index is 12.4. The number of aromatic nitrogens is 4. The average molecular weight is 478 g/mol. The van der Waals surface area contributed by atoms with Gasteiger partial charge in [-0.3, -0.25) is 0 Å². The smallest absolute Gasteiger partial charge is 0.410 e. The van der Waals surface area contributed by atoms with Crippen LogP contribution in [0.15, 0.2) is 36.9 Å². The lowest BCUT2D eigenvalue weighted by atomic mass is 10.1. The van der Waals surface area contributed by atoms with Crippen LogP contribution in [0.2, 0.25) is 5.02 Å². The van der Waals surface area contributed by atoms with Gasteiger partial charge in [-0.1, -0.05) is 17.7 Å². The van der Waals surface area contributed by atoms with Gasteiger partial charge in [-0.2, -0.15) is 5.26 Å². The average Bonchev–Trinajstić information content (AvgIpc) is 3.52. The van der Waals surface area contributed by atoms with E-state index in [4.69, 9.17) is 21.3 Å². The van der Waals surface area contributed by atoms with Crippen LogP contribution in [0, 0.1) is 11.3 Å². The Kier molecular flexibility index (Phi) is 5.33. The molecule has 9 nitrogen and oxygen atoms in total. The number of H-pyrrole nitrogens is 1. The summed E-state index contributed by atoms with van der Waals surface area (Å²) in [5.74, 6) is 0.632. The molecular formula is C24H24ClN7O2. The molecule has 2 N–H and O–H groups in total. The highest BCUT2D eigenvalue weighted by Gasteiger charge is 2.30. The topological polar surface area (TPSA) is 111 Å². The predicted molar refractivity (Wildman–Crippen MR) is 130 cm³/mol. The van der Waals surface area contributed by atoms with Crippen LogP contribution in [0.1, 0.15) is 32.8 Å². The zero-order valence-corrected chi connectivity index (χ0v) is 19.8. The van der Waals surface area contributed by atoms with E-state index in [0.29, 0.717) is 40.7 Å². The number of hydrogen-bond acceptors (Lipinski definition) is 6. The van der Waals surface area contributed by atoms with Crippen molar-refractivity contribution in [2.24, 2.45) is 0 Å². The van der Waals surface area contributed by atoms with Gasteiger partial charge < -0.3 is 24.3 Å². The lowest BCUT2D eigenvalue weighted by molar-refractivity contribution is 0.0293. The van der Waals surface area contributed by atoms with Gasteiger partial charge in [0, 0.05) is 54.9 Å². The van der Waals surface area contributed by atoms with Gasteiger partial charge in [0.05, 0.1) is 21.8 Å². The standard InChI is InChI=1S/C24H24ClN7O2/c1-24(2,3)34-23(33)32-8-6-15(12-32)29-21-22-27-7-9-31(22)13-18(30-21)17-11-28-20-16(17)5-4-14(10-26)19(20)25/h4-5,7,9,11,13,15,28H,6,8,12H2,1-3H3,(H,29,30). The van der Waals surface area contributed by atoms with Crippen molar-refractivity contribution < 1.29 is 9.53 Å². The van der Waals surface area contributed by atoms with Gasteiger partial charge in [0.25, 0.3) is 0 Å². The number of rotatable bonds is 3. The second-order valence-electron chi connectivity index (χ2n) is 9.35. The molecule has 10 heteroatoms. The third-order valence-electron chi connectivity index (χ3n) is 5.74. The number of carbonyl (C=O) groups is 1. The molecule has 1 unspecified atom stereocenters. The molecule has 4 heterocycles. The summed E-state index contributed by atoms with van der Waals surface area (Å²) in [6.07, 6.45) is 7.80. The normalized spacial score (nSPS) is 16.2. The van der Waals surface area contributed by atoms with Crippen molar-refractivity contribution in [2.45, 2.75) is 38.8 Å². The molecule has 0 radical (unpaired) electrons. The van der Waals surface area contributed by atoms with Gasteiger partial charge in [0.1, 0.15) is 11.7 Å². The molecule has 1 aromatic carbocycles. The summed E-state index contributed by atoms with van der Waals surface area (Å²) < 4.78 is 7.42. The summed E-state index contributed by atoms with van der Waals surface area (Å²) in [6, 6.07) is 5.70. The number of benzene rings is 1. The fourth-order valence-corrected chi connectivity index (χ4v) is 4.45. The van der Waals surface area contributed by atoms with Crippen molar-refractivity contribution in [1.29, 1.82) is 5.26 Å². The number of nitriles is 1. The Morgan fingerprint density at radius 1 is 1.38 bits per heavy atom. The summed E-state index contributed by atoms with van der Waals surface area (Å²) in [5, 5.41) is 14.0. The van der Waals surface area contributed by atoms with Gasteiger partial charge in [0.15, 0.2) is 11.5 Å². The molecule has 1 aliphatic rings. The summed E-state index contributed by atoms with van der Waals surface area (Å²) >= 11 is 6.40. The second-order valence-corrected chi connectivity index (χ2v) is 9.73. The Balaban J connectivity index is 1.45. The quantitative estimate of drug-likeness (QED) is 0.437. The maximum atomic E-state index is 12.4. The van der Waals surface area contributed by atoms with Crippen LogP contribution < -0.4 is 5.32 Å². The lowest BCUT2D eigenvalue weighted by Gasteiger charge is -2.24. The Bertz CT molecular complexity index is 1440. The zero-order chi connectivity index (χ0) is 24.0. The fourth-order valence-electron chi connectivity index (χ4n) is 4.18. The van der Waals surface area contributed by atoms with E-state index in [1.54, 1.807) is 17.2 Å². The summed E-state index contributed by atoms with van der Waals surface area (Å²) in [7, 11) is 0. The number of nitrogens with one attached hydrogen (secondary N) is 2.